The predicted molar refractivity (Wildman–Crippen MR) is 70.7 cm³/mol. The molecule has 19 heavy (non-hydrogen) atoms. The van der Waals surface area contributed by atoms with Crippen LogP contribution in [0.2, 0.25) is 0 Å². The van der Waals surface area contributed by atoms with E-state index in [-0.39, 0.29) is 11.5 Å². The van der Waals surface area contributed by atoms with Crippen molar-refractivity contribution >= 4 is 16.8 Å². The number of carbonyl (C=O) groups excluding carboxylic acids is 1. The number of Topliss-reactive ketones (excluding diaryl/α,β-unsaturated/α-hetero) is 1. The zero-order valence-electron chi connectivity index (χ0n) is 10.4. The van der Waals surface area contributed by atoms with Gasteiger partial charge in [0.15, 0.2) is 5.76 Å². The molecule has 0 bridgehead atoms. The molecular formula is C14H13N3O2. The number of benzene rings is 1. The lowest BCUT2D eigenvalue weighted by Crippen LogP contribution is -2.20. The summed E-state index contributed by atoms with van der Waals surface area (Å²) in [5.74, 6) is 0.0294. The Morgan fingerprint density at radius 1 is 1.42 bits per heavy atom. The molecule has 3 rings (SSSR count). The molecule has 0 amide bonds. The molecule has 0 radical (unpaired) electrons. The Morgan fingerprint density at radius 3 is 2.89 bits per heavy atom. The van der Waals surface area contributed by atoms with Gasteiger partial charge in [-0.15, -0.1) is 0 Å². The van der Waals surface area contributed by atoms with Gasteiger partial charge in [0.2, 0.25) is 5.78 Å². The maximum Gasteiger partial charge on any atom is 0.219 e. The second-order valence-corrected chi connectivity index (χ2v) is 4.44. The number of fused-ring (bicyclic) bond motifs is 1. The van der Waals surface area contributed by atoms with Crippen LogP contribution in [0.4, 0.5) is 0 Å². The Kier molecular flexibility index (Phi) is 2.68. The standard InChI is InChI=1S/C14H13N3O2/c1-17-8-10(7-16-17)13(15)14(18)12-6-9-4-2-3-5-11(9)19-12/h2-8,13H,15H2,1H3. The minimum atomic E-state index is -0.755. The fourth-order valence-corrected chi connectivity index (χ4v) is 2.01. The molecule has 1 atom stereocenters. The van der Waals surface area contributed by atoms with Crippen LogP contribution in [0.3, 0.4) is 0 Å². The van der Waals surface area contributed by atoms with Gasteiger partial charge < -0.3 is 10.2 Å². The van der Waals surface area contributed by atoms with Gasteiger partial charge in [-0.05, 0) is 12.1 Å². The number of aryl methyl sites for hydroxylation is 1. The molecule has 1 unspecified atom stereocenters. The Morgan fingerprint density at radius 2 is 2.21 bits per heavy atom. The van der Waals surface area contributed by atoms with E-state index in [4.69, 9.17) is 10.2 Å². The third-order valence-electron chi connectivity index (χ3n) is 3.03. The van der Waals surface area contributed by atoms with Crippen LogP contribution in [-0.2, 0) is 7.05 Å². The van der Waals surface area contributed by atoms with Gasteiger partial charge in [0.1, 0.15) is 11.6 Å². The van der Waals surface area contributed by atoms with Gasteiger partial charge in [0.05, 0.1) is 6.20 Å². The lowest BCUT2D eigenvalue weighted by atomic mass is 10.1. The smallest absolute Gasteiger partial charge is 0.219 e. The van der Waals surface area contributed by atoms with Crippen LogP contribution in [0.5, 0.6) is 0 Å². The normalized spacial score (nSPS) is 12.7. The maximum atomic E-state index is 12.3. The quantitative estimate of drug-likeness (QED) is 0.727. The second-order valence-electron chi connectivity index (χ2n) is 4.44. The fraction of sp³-hybridized carbons (Fsp3) is 0.143. The molecule has 5 nitrogen and oxygen atoms in total. The molecule has 1 aromatic carbocycles. The number of nitrogens with zero attached hydrogens (tertiary/aromatic N) is 2. The number of ketones is 1. The van der Waals surface area contributed by atoms with Crippen LogP contribution in [-0.4, -0.2) is 15.6 Å². The van der Waals surface area contributed by atoms with Crippen molar-refractivity contribution in [3.8, 4) is 0 Å². The van der Waals surface area contributed by atoms with E-state index in [2.05, 4.69) is 5.10 Å². The zero-order chi connectivity index (χ0) is 13.4. The minimum Gasteiger partial charge on any atom is -0.453 e. The van der Waals surface area contributed by atoms with E-state index >= 15 is 0 Å². The van der Waals surface area contributed by atoms with Crippen molar-refractivity contribution in [2.75, 3.05) is 0 Å². The van der Waals surface area contributed by atoms with Gasteiger partial charge in [0, 0.05) is 24.2 Å². The van der Waals surface area contributed by atoms with Gasteiger partial charge in [-0.2, -0.15) is 5.10 Å². The molecule has 0 saturated carbocycles. The number of furan rings is 1. The van der Waals surface area contributed by atoms with Gasteiger partial charge >= 0.3 is 0 Å². The first kappa shape index (κ1) is 11.7. The Balaban J connectivity index is 1.95. The summed E-state index contributed by atoms with van der Waals surface area (Å²) in [6.07, 6.45) is 3.32. The Labute approximate surface area is 109 Å². The summed E-state index contributed by atoms with van der Waals surface area (Å²) in [6, 6.07) is 8.43. The fourth-order valence-electron chi connectivity index (χ4n) is 2.01. The number of aromatic nitrogens is 2. The molecular weight excluding hydrogens is 242 g/mol. The first-order chi connectivity index (χ1) is 9.15. The Hall–Kier alpha value is -2.40. The number of nitrogens with two attached hydrogens (primary N) is 1. The summed E-state index contributed by atoms with van der Waals surface area (Å²) in [5.41, 5.74) is 7.30. The minimum absolute atomic E-state index is 0.246. The molecule has 0 aliphatic heterocycles. The van der Waals surface area contributed by atoms with E-state index in [0.717, 1.165) is 5.39 Å². The molecule has 2 aromatic heterocycles. The summed E-state index contributed by atoms with van der Waals surface area (Å²) >= 11 is 0. The van der Waals surface area contributed by atoms with Gasteiger partial charge in [-0.1, -0.05) is 18.2 Å². The van der Waals surface area contributed by atoms with E-state index in [1.807, 2.05) is 24.3 Å². The van der Waals surface area contributed by atoms with Crippen LogP contribution in [0.15, 0.2) is 47.1 Å². The van der Waals surface area contributed by atoms with Crippen molar-refractivity contribution in [1.82, 2.24) is 9.78 Å². The number of rotatable bonds is 3. The highest BCUT2D eigenvalue weighted by atomic mass is 16.3. The lowest BCUT2D eigenvalue weighted by Gasteiger charge is -2.05. The van der Waals surface area contributed by atoms with Gasteiger partial charge in [0.25, 0.3) is 0 Å². The first-order valence-electron chi connectivity index (χ1n) is 5.92. The van der Waals surface area contributed by atoms with Gasteiger partial charge in [-0.3, -0.25) is 9.48 Å². The van der Waals surface area contributed by atoms with E-state index in [9.17, 15) is 4.79 Å². The monoisotopic (exact) mass is 255 g/mol. The summed E-state index contributed by atoms with van der Waals surface area (Å²) < 4.78 is 7.13. The third kappa shape index (κ3) is 2.04. The largest absolute Gasteiger partial charge is 0.453 e. The van der Waals surface area contributed by atoms with Crippen molar-refractivity contribution in [3.05, 3.63) is 54.0 Å². The van der Waals surface area contributed by atoms with Crippen LogP contribution in [0.1, 0.15) is 22.2 Å². The summed E-state index contributed by atoms with van der Waals surface area (Å²) in [6.45, 7) is 0. The molecule has 0 spiro atoms. The van der Waals surface area contributed by atoms with E-state index in [0.29, 0.717) is 11.1 Å². The van der Waals surface area contributed by atoms with Crippen LogP contribution >= 0.6 is 0 Å². The van der Waals surface area contributed by atoms with Crippen LogP contribution in [0, 0.1) is 0 Å². The summed E-state index contributed by atoms with van der Waals surface area (Å²) in [4.78, 5) is 12.3. The highest BCUT2D eigenvalue weighted by Crippen LogP contribution is 2.22. The summed E-state index contributed by atoms with van der Waals surface area (Å²) in [5, 5.41) is 4.90. The molecule has 0 saturated heterocycles. The number of hydrogen-bond donors (Lipinski definition) is 1. The highest BCUT2D eigenvalue weighted by molar-refractivity contribution is 6.01. The molecule has 3 aromatic rings. The predicted octanol–water partition coefficient (Wildman–Crippen LogP) is 2.05. The van der Waals surface area contributed by atoms with E-state index < -0.39 is 6.04 Å². The molecule has 0 aliphatic carbocycles. The molecule has 5 heteroatoms. The third-order valence-corrected chi connectivity index (χ3v) is 3.03. The highest BCUT2D eigenvalue weighted by Gasteiger charge is 2.22. The summed E-state index contributed by atoms with van der Waals surface area (Å²) in [7, 11) is 1.78. The molecule has 0 fully saturated rings. The molecule has 0 aliphatic rings. The Bertz CT molecular complexity index is 709. The maximum absolute atomic E-state index is 12.3. The molecule has 2 N–H and O–H groups in total. The van der Waals surface area contributed by atoms with Crippen molar-refractivity contribution in [2.45, 2.75) is 6.04 Å². The van der Waals surface area contributed by atoms with E-state index in [1.165, 1.54) is 0 Å². The van der Waals surface area contributed by atoms with Crippen molar-refractivity contribution in [3.63, 3.8) is 0 Å². The van der Waals surface area contributed by atoms with Crippen molar-refractivity contribution in [2.24, 2.45) is 12.8 Å². The topological polar surface area (TPSA) is 74.0 Å². The first-order valence-corrected chi connectivity index (χ1v) is 5.92. The zero-order valence-corrected chi connectivity index (χ0v) is 10.4. The molecule has 2 heterocycles. The SMILES string of the molecule is Cn1cc(C(N)C(=O)c2cc3ccccc3o2)cn1. The average Bonchev–Trinajstić information content (AvgIpc) is 3.02. The van der Waals surface area contributed by atoms with E-state index in [1.54, 1.807) is 30.2 Å². The number of carbonyl (C=O) groups is 1. The van der Waals surface area contributed by atoms with Crippen molar-refractivity contribution in [1.29, 1.82) is 0 Å². The van der Waals surface area contributed by atoms with Gasteiger partial charge in [-0.25, -0.2) is 0 Å². The number of para-hydroxylation sites is 1. The average molecular weight is 255 g/mol. The lowest BCUT2D eigenvalue weighted by molar-refractivity contribution is 0.0936. The molecule has 96 valence electrons. The van der Waals surface area contributed by atoms with Crippen LogP contribution in [0.25, 0.3) is 11.0 Å². The van der Waals surface area contributed by atoms with Crippen molar-refractivity contribution < 1.29 is 9.21 Å². The number of hydrogen-bond acceptors (Lipinski definition) is 4. The second kappa shape index (κ2) is 4.37. The van der Waals surface area contributed by atoms with Crippen LogP contribution < -0.4 is 5.73 Å².